The van der Waals surface area contributed by atoms with Gasteiger partial charge in [-0.25, -0.2) is 4.98 Å². The average molecular weight is 205 g/mol. The number of hydrogen-bond acceptors (Lipinski definition) is 3. The third kappa shape index (κ3) is 0.914. The van der Waals surface area contributed by atoms with Crippen molar-refractivity contribution in [3.63, 3.8) is 0 Å². The number of nitrogens with zero attached hydrogens (tertiary/aromatic N) is 3. The van der Waals surface area contributed by atoms with Crippen molar-refractivity contribution in [3.8, 4) is 0 Å². The fraction of sp³-hybridized carbons (Fsp3) is 0. The van der Waals surface area contributed by atoms with Crippen LogP contribution >= 0.6 is 11.6 Å². The number of hydrogen-bond donors (Lipinski definition) is 1. The molecule has 0 bridgehead atoms. The first-order chi connectivity index (χ1) is 6.86. The Hall–Kier alpha value is -1.68. The molecule has 0 spiro atoms. The summed E-state index contributed by atoms with van der Waals surface area (Å²) in [6, 6.07) is 3.71. The molecule has 5 heteroatoms. The third-order valence-electron chi connectivity index (χ3n) is 2.10. The van der Waals surface area contributed by atoms with Gasteiger partial charge < -0.3 is 0 Å². The molecule has 3 rings (SSSR count). The molecule has 14 heavy (non-hydrogen) atoms. The van der Waals surface area contributed by atoms with Gasteiger partial charge in [0, 0.05) is 12.4 Å². The third-order valence-corrected chi connectivity index (χ3v) is 2.36. The van der Waals surface area contributed by atoms with Crippen molar-refractivity contribution in [2.75, 3.05) is 0 Å². The molecule has 0 amide bonds. The van der Waals surface area contributed by atoms with Gasteiger partial charge >= 0.3 is 0 Å². The van der Waals surface area contributed by atoms with Gasteiger partial charge in [-0.1, -0.05) is 11.6 Å². The monoisotopic (exact) mass is 204 g/mol. The molecule has 4 nitrogen and oxygen atoms in total. The Morgan fingerprint density at radius 2 is 2.21 bits per heavy atom. The summed E-state index contributed by atoms with van der Waals surface area (Å²) in [6.07, 6.45) is 3.50. The Balaban J connectivity index is 2.66. The highest BCUT2D eigenvalue weighted by atomic mass is 35.5. The van der Waals surface area contributed by atoms with Gasteiger partial charge in [0.25, 0.3) is 0 Å². The number of rotatable bonds is 0. The molecule has 1 N–H and O–H groups in total. The predicted molar refractivity (Wildman–Crippen MR) is 54.2 cm³/mol. The summed E-state index contributed by atoms with van der Waals surface area (Å²) in [5.74, 6) is 0. The summed E-state index contributed by atoms with van der Waals surface area (Å²) >= 11 is 5.96. The molecule has 0 atom stereocenters. The fourth-order valence-corrected chi connectivity index (χ4v) is 1.72. The standard InChI is InChI=1S/C9H5ClN4/c10-9-8-5(4-12-14-8)7-6(13-9)2-1-3-11-7/h1-4H,(H,12,14). The second-order valence-corrected chi connectivity index (χ2v) is 3.28. The molecular weight excluding hydrogens is 200 g/mol. The van der Waals surface area contributed by atoms with Crippen LogP contribution in [0.1, 0.15) is 0 Å². The molecule has 0 aliphatic rings. The molecule has 0 fully saturated rings. The lowest BCUT2D eigenvalue weighted by atomic mass is 10.2. The SMILES string of the molecule is Clc1nc2cccnc2c2c[nH]nc12. The van der Waals surface area contributed by atoms with E-state index in [1.54, 1.807) is 12.4 Å². The highest BCUT2D eigenvalue weighted by molar-refractivity contribution is 6.35. The minimum Gasteiger partial charge on any atom is -0.284 e. The van der Waals surface area contributed by atoms with E-state index in [0.717, 1.165) is 16.4 Å². The zero-order valence-corrected chi connectivity index (χ0v) is 7.78. The molecule has 0 radical (unpaired) electrons. The number of halogens is 1. The molecule has 3 aromatic rings. The lowest BCUT2D eigenvalue weighted by Crippen LogP contribution is -1.84. The van der Waals surface area contributed by atoms with Crippen molar-refractivity contribution >= 4 is 33.5 Å². The molecule has 68 valence electrons. The average Bonchev–Trinajstić information content (AvgIpc) is 2.67. The zero-order chi connectivity index (χ0) is 9.54. The van der Waals surface area contributed by atoms with Crippen LogP contribution in [0.2, 0.25) is 5.15 Å². The van der Waals surface area contributed by atoms with Gasteiger partial charge in [-0.05, 0) is 12.1 Å². The summed E-state index contributed by atoms with van der Waals surface area (Å²) in [4.78, 5) is 8.44. The lowest BCUT2D eigenvalue weighted by Gasteiger charge is -1.97. The number of pyridine rings is 2. The Labute approximate surface area is 83.9 Å². The normalized spacial score (nSPS) is 11.2. The van der Waals surface area contributed by atoms with Crippen LogP contribution in [-0.4, -0.2) is 20.2 Å². The maximum atomic E-state index is 5.96. The van der Waals surface area contributed by atoms with Crippen molar-refractivity contribution in [1.29, 1.82) is 0 Å². The number of aromatic amines is 1. The number of fused-ring (bicyclic) bond motifs is 3. The maximum Gasteiger partial charge on any atom is 0.157 e. The maximum absolute atomic E-state index is 5.96. The summed E-state index contributed by atoms with van der Waals surface area (Å²) in [5.41, 5.74) is 2.27. The Morgan fingerprint density at radius 3 is 3.14 bits per heavy atom. The van der Waals surface area contributed by atoms with E-state index < -0.39 is 0 Å². The molecule has 3 heterocycles. The van der Waals surface area contributed by atoms with Crippen molar-refractivity contribution in [1.82, 2.24) is 20.2 Å². The van der Waals surface area contributed by atoms with Crippen molar-refractivity contribution < 1.29 is 0 Å². The van der Waals surface area contributed by atoms with E-state index in [1.807, 2.05) is 12.1 Å². The van der Waals surface area contributed by atoms with E-state index in [9.17, 15) is 0 Å². The van der Waals surface area contributed by atoms with Crippen LogP contribution in [0, 0.1) is 0 Å². The summed E-state index contributed by atoms with van der Waals surface area (Å²) < 4.78 is 0. The van der Waals surface area contributed by atoms with Crippen LogP contribution in [0.15, 0.2) is 24.5 Å². The summed E-state index contributed by atoms with van der Waals surface area (Å²) in [5, 5.41) is 8.07. The van der Waals surface area contributed by atoms with Gasteiger partial charge in [-0.15, -0.1) is 0 Å². The molecule has 0 saturated carbocycles. The predicted octanol–water partition coefficient (Wildman–Crippen LogP) is 2.16. The topological polar surface area (TPSA) is 54.5 Å². The van der Waals surface area contributed by atoms with E-state index in [2.05, 4.69) is 20.2 Å². The lowest BCUT2D eigenvalue weighted by molar-refractivity contribution is 1.12. The van der Waals surface area contributed by atoms with Gasteiger partial charge in [-0.2, -0.15) is 5.10 Å². The number of aromatic nitrogens is 4. The summed E-state index contributed by atoms with van der Waals surface area (Å²) in [6.45, 7) is 0. The largest absolute Gasteiger partial charge is 0.284 e. The molecular formula is C9H5ClN4. The Kier molecular flexibility index (Phi) is 1.46. The first-order valence-electron chi connectivity index (χ1n) is 4.10. The zero-order valence-electron chi connectivity index (χ0n) is 7.03. The summed E-state index contributed by atoms with van der Waals surface area (Å²) in [7, 11) is 0. The van der Waals surface area contributed by atoms with Gasteiger partial charge in [0.2, 0.25) is 0 Å². The van der Waals surface area contributed by atoms with Crippen LogP contribution in [-0.2, 0) is 0 Å². The van der Waals surface area contributed by atoms with Gasteiger partial charge in [0.15, 0.2) is 5.15 Å². The van der Waals surface area contributed by atoms with Gasteiger partial charge in [-0.3, -0.25) is 10.1 Å². The number of H-pyrrole nitrogens is 1. The van der Waals surface area contributed by atoms with Crippen LogP contribution in [0.25, 0.3) is 21.9 Å². The van der Waals surface area contributed by atoms with Crippen molar-refractivity contribution in [2.24, 2.45) is 0 Å². The van der Waals surface area contributed by atoms with Gasteiger partial charge in [0.1, 0.15) is 5.52 Å². The minimum atomic E-state index is 0.404. The Morgan fingerprint density at radius 1 is 1.29 bits per heavy atom. The number of nitrogens with one attached hydrogen (secondary N) is 1. The van der Waals surface area contributed by atoms with Crippen LogP contribution in [0.3, 0.4) is 0 Å². The highest BCUT2D eigenvalue weighted by Crippen LogP contribution is 2.25. The molecule has 3 aromatic heterocycles. The van der Waals surface area contributed by atoms with Crippen LogP contribution < -0.4 is 0 Å². The molecule has 0 saturated heterocycles. The van der Waals surface area contributed by atoms with E-state index >= 15 is 0 Å². The van der Waals surface area contributed by atoms with Crippen LogP contribution in [0.5, 0.6) is 0 Å². The van der Waals surface area contributed by atoms with Crippen LogP contribution in [0.4, 0.5) is 0 Å². The molecule has 0 aliphatic carbocycles. The highest BCUT2D eigenvalue weighted by Gasteiger charge is 2.08. The first kappa shape index (κ1) is 7.70. The van der Waals surface area contributed by atoms with Crippen molar-refractivity contribution in [3.05, 3.63) is 29.7 Å². The van der Waals surface area contributed by atoms with E-state index in [4.69, 9.17) is 11.6 Å². The molecule has 0 aromatic carbocycles. The van der Waals surface area contributed by atoms with E-state index in [0.29, 0.717) is 10.7 Å². The minimum absolute atomic E-state index is 0.404. The van der Waals surface area contributed by atoms with Gasteiger partial charge in [0.05, 0.1) is 16.4 Å². The first-order valence-corrected chi connectivity index (χ1v) is 4.48. The van der Waals surface area contributed by atoms with Crippen molar-refractivity contribution in [2.45, 2.75) is 0 Å². The smallest absolute Gasteiger partial charge is 0.157 e. The van der Waals surface area contributed by atoms with E-state index in [-0.39, 0.29) is 0 Å². The molecule has 0 unspecified atom stereocenters. The quantitative estimate of drug-likeness (QED) is 0.571. The second-order valence-electron chi connectivity index (χ2n) is 2.92. The second kappa shape index (κ2) is 2.65. The Bertz CT molecular complexity index is 616. The van der Waals surface area contributed by atoms with E-state index in [1.165, 1.54) is 0 Å². The fourth-order valence-electron chi connectivity index (χ4n) is 1.48. The molecule has 0 aliphatic heterocycles.